The van der Waals surface area contributed by atoms with Crippen LogP contribution in [0.4, 0.5) is 5.82 Å². The third kappa shape index (κ3) is 1.20. The molecule has 0 amide bonds. The van der Waals surface area contributed by atoms with Gasteiger partial charge in [0.15, 0.2) is 0 Å². The van der Waals surface area contributed by atoms with E-state index in [2.05, 4.69) is 33.8 Å². The summed E-state index contributed by atoms with van der Waals surface area (Å²) in [5, 5.41) is 0. The van der Waals surface area contributed by atoms with E-state index in [4.69, 9.17) is 9.72 Å². The van der Waals surface area contributed by atoms with Crippen LogP contribution in [0.5, 0.6) is 0 Å². The number of hydrogen-bond acceptors (Lipinski definition) is 3. The highest BCUT2D eigenvalue weighted by Gasteiger charge is 2.74. The van der Waals surface area contributed by atoms with Gasteiger partial charge in [-0.25, -0.2) is 4.98 Å². The first-order chi connectivity index (χ1) is 9.72. The van der Waals surface area contributed by atoms with Gasteiger partial charge in [-0.3, -0.25) is 0 Å². The Hall–Kier alpha value is -0.610. The van der Waals surface area contributed by atoms with Crippen molar-refractivity contribution in [2.24, 2.45) is 11.8 Å². The second-order valence-electron chi connectivity index (χ2n) is 6.90. The first kappa shape index (κ1) is 12.0. The number of aromatic nitrogens is 1. The van der Waals surface area contributed by atoms with Gasteiger partial charge in [-0.2, -0.15) is 0 Å². The summed E-state index contributed by atoms with van der Waals surface area (Å²) in [6.07, 6.45) is 5.91. The second kappa shape index (κ2) is 3.58. The normalized spacial score (nSPS) is 39.0. The van der Waals surface area contributed by atoms with Crippen molar-refractivity contribution in [3.63, 3.8) is 0 Å². The standard InChI is InChI=1S/C16H19BrN2O/c1-2-19-14-12(5-11(17)7-18-14)16-6-10(16)8-20-9-13(16)15(19)3-4-15/h5,7,10,13H,2-4,6,8-9H2,1H3/t10?,13-,16-/m0/s1. The molecule has 0 N–H and O–H groups in total. The fourth-order valence-electron chi connectivity index (χ4n) is 5.21. The molecule has 0 aromatic carbocycles. The summed E-state index contributed by atoms with van der Waals surface area (Å²) in [4.78, 5) is 7.39. The Morgan fingerprint density at radius 3 is 3.05 bits per heavy atom. The molecular formula is C16H19BrN2O. The van der Waals surface area contributed by atoms with Gasteiger partial charge in [0.25, 0.3) is 0 Å². The van der Waals surface area contributed by atoms with Crippen molar-refractivity contribution in [1.29, 1.82) is 0 Å². The van der Waals surface area contributed by atoms with Crippen molar-refractivity contribution in [3.05, 3.63) is 22.3 Å². The predicted octanol–water partition coefficient (Wildman–Crippen LogP) is 3.12. The highest BCUT2D eigenvalue weighted by Crippen LogP contribution is 2.72. The fourth-order valence-corrected chi connectivity index (χ4v) is 5.54. The highest BCUT2D eigenvalue weighted by atomic mass is 79.9. The lowest BCUT2D eigenvalue weighted by atomic mass is 9.71. The summed E-state index contributed by atoms with van der Waals surface area (Å²) in [5.41, 5.74) is 2.23. The number of halogens is 1. The van der Waals surface area contributed by atoms with E-state index in [0.717, 1.165) is 30.1 Å². The Morgan fingerprint density at radius 2 is 2.30 bits per heavy atom. The maximum Gasteiger partial charge on any atom is 0.132 e. The SMILES string of the molecule is CCN1c2ncc(Br)cc2[C@]23CC2COC[C@H]3C12CC2. The van der Waals surface area contributed by atoms with Gasteiger partial charge < -0.3 is 9.64 Å². The van der Waals surface area contributed by atoms with Crippen molar-refractivity contribution in [2.75, 3.05) is 24.7 Å². The molecule has 3 heterocycles. The predicted molar refractivity (Wildman–Crippen MR) is 81.0 cm³/mol. The van der Waals surface area contributed by atoms with Gasteiger partial charge in [0.1, 0.15) is 5.82 Å². The molecule has 1 unspecified atom stereocenters. The van der Waals surface area contributed by atoms with Gasteiger partial charge in [-0.15, -0.1) is 0 Å². The number of pyridine rings is 1. The van der Waals surface area contributed by atoms with E-state index in [1.807, 2.05) is 6.20 Å². The van der Waals surface area contributed by atoms with E-state index in [0.29, 0.717) is 16.9 Å². The molecule has 1 aromatic rings. The number of hydrogen-bond donors (Lipinski definition) is 0. The minimum absolute atomic E-state index is 0.359. The summed E-state index contributed by atoms with van der Waals surface area (Å²) in [6.45, 7) is 5.21. The van der Waals surface area contributed by atoms with Crippen molar-refractivity contribution < 1.29 is 4.74 Å². The van der Waals surface area contributed by atoms with Crippen LogP contribution in [0.25, 0.3) is 0 Å². The van der Waals surface area contributed by atoms with Crippen LogP contribution in [0.15, 0.2) is 16.7 Å². The van der Waals surface area contributed by atoms with Gasteiger partial charge in [0, 0.05) is 39.6 Å². The van der Waals surface area contributed by atoms with Crippen LogP contribution in [0, 0.1) is 11.8 Å². The summed E-state index contributed by atoms with van der Waals surface area (Å²) >= 11 is 3.62. The third-order valence-electron chi connectivity index (χ3n) is 6.23. The molecule has 106 valence electrons. The van der Waals surface area contributed by atoms with Crippen LogP contribution in [0.2, 0.25) is 0 Å². The molecule has 1 aromatic heterocycles. The Kier molecular flexibility index (Phi) is 2.15. The summed E-state index contributed by atoms with van der Waals surface area (Å²) in [5.74, 6) is 2.67. The number of nitrogens with zero attached hydrogens (tertiary/aromatic N) is 2. The Bertz CT molecular complexity index is 600. The molecule has 3 fully saturated rings. The number of rotatable bonds is 1. The monoisotopic (exact) mass is 334 g/mol. The van der Waals surface area contributed by atoms with Gasteiger partial charge in [-0.1, -0.05) is 0 Å². The molecule has 1 saturated heterocycles. The van der Waals surface area contributed by atoms with Crippen molar-refractivity contribution in [1.82, 2.24) is 4.98 Å². The first-order valence-electron chi connectivity index (χ1n) is 7.74. The topological polar surface area (TPSA) is 25.4 Å². The quantitative estimate of drug-likeness (QED) is 0.789. The molecule has 3 atom stereocenters. The smallest absolute Gasteiger partial charge is 0.132 e. The lowest BCUT2D eigenvalue weighted by molar-refractivity contribution is 0.0155. The lowest BCUT2D eigenvalue weighted by Crippen LogP contribution is -2.56. The second-order valence-corrected chi connectivity index (χ2v) is 7.82. The van der Waals surface area contributed by atoms with Crippen molar-refractivity contribution in [3.8, 4) is 0 Å². The zero-order valence-electron chi connectivity index (χ0n) is 11.7. The number of anilines is 1. The van der Waals surface area contributed by atoms with Crippen molar-refractivity contribution in [2.45, 2.75) is 37.1 Å². The Morgan fingerprint density at radius 1 is 1.45 bits per heavy atom. The van der Waals surface area contributed by atoms with Crippen molar-refractivity contribution >= 4 is 21.7 Å². The molecule has 2 aliphatic heterocycles. The van der Waals surface area contributed by atoms with Gasteiger partial charge in [-0.05, 0) is 54.1 Å². The van der Waals surface area contributed by atoms with Gasteiger partial charge in [0.05, 0.1) is 13.2 Å². The molecule has 2 aliphatic carbocycles. The molecule has 2 saturated carbocycles. The number of fused-ring (bicyclic) bond motifs is 2. The lowest BCUT2D eigenvalue weighted by Gasteiger charge is -2.50. The molecule has 5 rings (SSSR count). The Labute approximate surface area is 127 Å². The summed E-state index contributed by atoms with van der Waals surface area (Å²) in [6, 6.07) is 2.33. The molecule has 0 bridgehead atoms. The average molecular weight is 335 g/mol. The van der Waals surface area contributed by atoms with E-state index >= 15 is 0 Å². The molecule has 20 heavy (non-hydrogen) atoms. The minimum atomic E-state index is 0.359. The van der Waals surface area contributed by atoms with E-state index in [1.165, 1.54) is 30.6 Å². The zero-order chi connectivity index (χ0) is 13.5. The van der Waals surface area contributed by atoms with Crippen LogP contribution in [0.1, 0.15) is 31.7 Å². The molecular weight excluding hydrogens is 316 g/mol. The van der Waals surface area contributed by atoms with E-state index in [9.17, 15) is 0 Å². The average Bonchev–Trinajstić information content (AvgIpc) is 3.33. The van der Waals surface area contributed by atoms with E-state index in [1.54, 1.807) is 0 Å². The molecule has 4 aliphatic rings. The molecule has 0 radical (unpaired) electrons. The van der Waals surface area contributed by atoms with Crippen LogP contribution in [0.3, 0.4) is 0 Å². The fraction of sp³-hybridized carbons (Fsp3) is 0.688. The summed E-state index contributed by atoms with van der Waals surface area (Å²) in [7, 11) is 0. The molecule has 4 heteroatoms. The maximum absolute atomic E-state index is 5.94. The maximum atomic E-state index is 5.94. The third-order valence-corrected chi connectivity index (χ3v) is 6.67. The van der Waals surface area contributed by atoms with E-state index in [-0.39, 0.29) is 0 Å². The first-order valence-corrected chi connectivity index (χ1v) is 8.53. The van der Waals surface area contributed by atoms with Gasteiger partial charge in [0.2, 0.25) is 0 Å². The van der Waals surface area contributed by atoms with Crippen LogP contribution in [-0.4, -0.2) is 30.3 Å². The largest absolute Gasteiger partial charge is 0.381 e. The minimum Gasteiger partial charge on any atom is -0.381 e. The van der Waals surface area contributed by atoms with Crippen LogP contribution in [-0.2, 0) is 10.2 Å². The number of ether oxygens (including phenoxy) is 1. The highest BCUT2D eigenvalue weighted by molar-refractivity contribution is 9.10. The summed E-state index contributed by atoms with van der Waals surface area (Å²) < 4.78 is 7.06. The molecule has 2 spiro atoms. The Balaban J connectivity index is 1.76. The molecule has 3 nitrogen and oxygen atoms in total. The van der Waals surface area contributed by atoms with Gasteiger partial charge >= 0.3 is 0 Å². The van der Waals surface area contributed by atoms with Crippen LogP contribution < -0.4 is 4.90 Å². The zero-order valence-corrected chi connectivity index (χ0v) is 13.3. The van der Waals surface area contributed by atoms with Crippen LogP contribution >= 0.6 is 15.9 Å². The van der Waals surface area contributed by atoms with E-state index < -0.39 is 0 Å².